The number of carbonyl (C=O) groups is 1. The minimum absolute atomic E-state index is 0.103. The fourth-order valence-electron chi connectivity index (χ4n) is 2.53. The molecule has 0 radical (unpaired) electrons. The van der Waals surface area contributed by atoms with Crippen molar-refractivity contribution in [2.45, 2.75) is 25.9 Å². The Hall–Kier alpha value is -2.14. The van der Waals surface area contributed by atoms with Crippen molar-refractivity contribution in [3.63, 3.8) is 0 Å². The molecule has 24 heavy (non-hydrogen) atoms. The summed E-state index contributed by atoms with van der Waals surface area (Å²) >= 11 is 0. The SMILES string of the molecule is C[C@H](C[S@](C)=O)NC(=O)N[C@@H](C)c1ccc(-c2ccccc2)cc1. The Morgan fingerprint density at radius 2 is 1.54 bits per heavy atom. The molecule has 0 fully saturated rings. The third kappa shape index (κ3) is 5.49. The van der Waals surface area contributed by atoms with Crippen LogP contribution in [-0.2, 0) is 10.8 Å². The van der Waals surface area contributed by atoms with E-state index in [0.717, 1.165) is 11.1 Å². The molecule has 0 saturated carbocycles. The van der Waals surface area contributed by atoms with Crippen LogP contribution in [0.25, 0.3) is 11.1 Å². The summed E-state index contributed by atoms with van der Waals surface area (Å²) in [5.74, 6) is 0.452. The topological polar surface area (TPSA) is 58.2 Å². The summed E-state index contributed by atoms with van der Waals surface area (Å²) < 4.78 is 11.2. The lowest BCUT2D eigenvalue weighted by Crippen LogP contribution is -2.43. The molecule has 4 nitrogen and oxygen atoms in total. The first-order chi connectivity index (χ1) is 11.5. The summed E-state index contributed by atoms with van der Waals surface area (Å²) in [7, 11) is -0.924. The van der Waals surface area contributed by atoms with Crippen molar-refractivity contribution in [3.05, 3.63) is 60.2 Å². The first-order valence-corrected chi connectivity index (χ1v) is 9.71. The van der Waals surface area contributed by atoms with Gasteiger partial charge in [-0.05, 0) is 30.5 Å². The Labute approximate surface area is 146 Å². The van der Waals surface area contributed by atoms with Crippen LogP contribution in [0.1, 0.15) is 25.5 Å². The molecule has 0 aliphatic heterocycles. The average molecular weight is 344 g/mol. The zero-order valence-electron chi connectivity index (χ0n) is 14.3. The molecule has 3 atom stereocenters. The minimum atomic E-state index is -0.924. The highest BCUT2D eigenvalue weighted by Crippen LogP contribution is 2.21. The van der Waals surface area contributed by atoms with Crippen molar-refractivity contribution in [2.75, 3.05) is 12.0 Å². The second-order valence-electron chi connectivity index (χ2n) is 5.97. The normalized spacial score (nSPS) is 14.5. The van der Waals surface area contributed by atoms with Gasteiger partial charge in [0.05, 0.1) is 6.04 Å². The molecule has 2 rings (SSSR count). The lowest BCUT2D eigenvalue weighted by Gasteiger charge is -2.18. The third-order valence-electron chi connectivity index (χ3n) is 3.73. The van der Waals surface area contributed by atoms with Gasteiger partial charge in [-0.1, -0.05) is 54.6 Å². The molecule has 2 aromatic carbocycles. The van der Waals surface area contributed by atoms with Gasteiger partial charge in [-0.25, -0.2) is 4.79 Å². The molecule has 5 heteroatoms. The molecule has 0 spiro atoms. The van der Waals surface area contributed by atoms with Gasteiger partial charge >= 0.3 is 6.03 Å². The number of carbonyl (C=O) groups excluding carboxylic acids is 1. The van der Waals surface area contributed by atoms with Crippen LogP contribution in [0.2, 0.25) is 0 Å². The standard InChI is InChI=1S/C19H24N2O2S/c1-14(13-24(3)23)20-19(22)21-15(2)16-9-11-18(12-10-16)17-7-5-4-6-8-17/h4-12,14-15H,13H2,1-3H3,(H2,20,21,22)/t14-,15+,24+/m1/s1. The van der Waals surface area contributed by atoms with Crippen molar-refractivity contribution >= 4 is 16.8 Å². The number of hydrogen-bond donors (Lipinski definition) is 2. The monoisotopic (exact) mass is 344 g/mol. The van der Waals surface area contributed by atoms with E-state index in [1.807, 2.05) is 44.2 Å². The summed E-state index contributed by atoms with van der Waals surface area (Å²) in [5, 5.41) is 5.72. The maximum atomic E-state index is 12.0. The van der Waals surface area contributed by atoms with Crippen LogP contribution in [0.4, 0.5) is 4.79 Å². The number of urea groups is 1. The predicted molar refractivity (Wildman–Crippen MR) is 100 cm³/mol. The smallest absolute Gasteiger partial charge is 0.315 e. The lowest BCUT2D eigenvalue weighted by atomic mass is 10.0. The molecule has 0 saturated heterocycles. The van der Waals surface area contributed by atoms with Crippen molar-refractivity contribution in [1.29, 1.82) is 0 Å². The summed E-state index contributed by atoms with van der Waals surface area (Å²) in [4.78, 5) is 12.0. The largest absolute Gasteiger partial charge is 0.335 e. The molecule has 0 bridgehead atoms. The van der Waals surface area contributed by atoms with Crippen LogP contribution in [0.15, 0.2) is 54.6 Å². The highest BCUT2D eigenvalue weighted by Gasteiger charge is 2.12. The van der Waals surface area contributed by atoms with Gasteiger partial charge < -0.3 is 10.6 Å². The van der Waals surface area contributed by atoms with E-state index in [1.54, 1.807) is 6.26 Å². The first kappa shape index (κ1) is 18.2. The van der Waals surface area contributed by atoms with Gasteiger partial charge in [0, 0.05) is 28.9 Å². The van der Waals surface area contributed by atoms with Crippen molar-refractivity contribution in [2.24, 2.45) is 0 Å². The average Bonchev–Trinajstić information content (AvgIpc) is 2.54. The lowest BCUT2D eigenvalue weighted by molar-refractivity contribution is 0.235. The number of rotatable bonds is 6. The Kier molecular flexibility index (Phi) is 6.55. The zero-order chi connectivity index (χ0) is 17.5. The van der Waals surface area contributed by atoms with Crippen molar-refractivity contribution < 1.29 is 9.00 Å². The molecule has 0 aliphatic carbocycles. The van der Waals surface area contributed by atoms with Crippen LogP contribution in [0.3, 0.4) is 0 Å². The van der Waals surface area contributed by atoms with Crippen LogP contribution < -0.4 is 10.6 Å². The van der Waals surface area contributed by atoms with Crippen molar-refractivity contribution in [1.82, 2.24) is 10.6 Å². The van der Waals surface area contributed by atoms with E-state index in [1.165, 1.54) is 5.56 Å². The maximum absolute atomic E-state index is 12.0. The molecule has 0 heterocycles. The Balaban J connectivity index is 1.94. The van der Waals surface area contributed by atoms with Crippen LogP contribution in [-0.4, -0.2) is 28.3 Å². The number of amides is 2. The van der Waals surface area contributed by atoms with Gasteiger partial charge in [0.2, 0.25) is 0 Å². The fraction of sp³-hybridized carbons (Fsp3) is 0.316. The Bertz CT molecular complexity index is 686. The zero-order valence-corrected chi connectivity index (χ0v) is 15.1. The van der Waals surface area contributed by atoms with Crippen LogP contribution in [0, 0.1) is 0 Å². The van der Waals surface area contributed by atoms with Gasteiger partial charge in [0.1, 0.15) is 0 Å². The minimum Gasteiger partial charge on any atom is -0.335 e. The highest BCUT2D eigenvalue weighted by atomic mass is 32.2. The van der Waals surface area contributed by atoms with Crippen molar-refractivity contribution in [3.8, 4) is 11.1 Å². The molecule has 0 aliphatic rings. The summed E-state index contributed by atoms with van der Waals surface area (Å²) in [6, 6.07) is 17.9. The van der Waals surface area contributed by atoms with E-state index < -0.39 is 10.8 Å². The van der Waals surface area contributed by atoms with Gasteiger partial charge in [-0.3, -0.25) is 4.21 Å². The van der Waals surface area contributed by atoms with E-state index >= 15 is 0 Å². The molecular formula is C19H24N2O2S. The fourth-order valence-corrected chi connectivity index (χ4v) is 3.32. The molecule has 0 unspecified atom stereocenters. The molecule has 2 amide bonds. The summed E-state index contributed by atoms with van der Waals surface area (Å²) in [5.41, 5.74) is 3.36. The van der Waals surface area contributed by atoms with Gasteiger partial charge in [-0.15, -0.1) is 0 Å². The second kappa shape index (κ2) is 8.64. The van der Waals surface area contributed by atoms with Crippen LogP contribution >= 0.6 is 0 Å². The third-order valence-corrected chi connectivity index (χ3v) is 4.70. The Morgan fingerprint density at radius 1 is 0.958 bits per heavy atom. The summed E-state index contributed by atoms with van der Waals surface area (Å²) in [6.45, 7) is 3.79. The second-order valence-corrected chi connectivity index (χ2v) is 7.45. The van der Waals surface area contributed by atoms with E-state index in [9.17, 15) is 9.00 Å². The maximum Gasteiger partial charge on any atom is 0.315 e. The quantitative estimate of drug-likeness (QED) is 0.843. The first-order valence-electron chi connectivity index (χ1n) is 7.98. The van der Waals surface area contributed by atoms with Gasteiger partial charge in [0.15, 0.2) is 0 Å². The molecule has 128 valence electrons. The molecular weight excluding hydrogens is 320 g/mol. The van der Waals surface area contributed by atoms with E-state index in [4.69, 9.17) is 0 Å². The number of hydrogen-bond acceptors (Lipinski definition) is 2. The van der Waals surface area contributed by atoms with E-state index in [2.05, 4.69) is 34.9 Å². The molecule has 0 aromatic heterocycles. The van der Waals surface area contributed by atoms with E-state index in [0.29, 0.717) is 5.75 Å². The Morgan fingerprint density at radius 3 is 2.12 bits per heavy atom. The summed E-state index contributed by atoms with van der Waals surface area (Å²) in [6.07, 6.45) is 1.63. The van der Waals surface area contributed by atoms with Gasteiger partial charge in [0.25, 0.3) is 0 Å². The number of nitrogens with one attached hydrogen (secondary N) is 2. The van der Waals surface area contributed by atoms with Crippen LogP contribution in [0.5, 0.6) is 0 Å². The predicted octanol–water partition coefficient (Wildman–Crippen LogP) is 3.48. The highest BCUT2D eigenvalue weighted by molar-refractivity contribution is 7.84. The number of benzene rings is 2. The van der Waals surface area contributed by atoms with Gasteiger partial charge in [-0.2, -0.15) is 0 Å². The molecule has 2 aromatic rings. The van der Waals surface area contributed by atoms with E-state index in [-0.39, 0.29) is 18.1 Å². The molecule has 2 N–H and O–H groups in total.